The molecule has 0 spiro atoms. The Labute approximate surface area is 110 Å². The van der Waals surface area contributed by atoms with E-state index in [2.05, 4.69) is 14.5 Å². The molecule has 3 aromatic rings. The van der Waals surface area contributed by atoms with Gasteiger partial charge in [0.1, 0.15) is 5.82 Å². The zero-order valence-corrected chi connectivity index (χ0v) is 10.4. The van der Waals surface area contributed by atoms with E-state index in [9.17, 15) is 4.79 Å². The molecule has 0 fully saturated rings. The van der Waals surface area contributed by atoms with E-state index in [1.165, 1.54) is 6.08 Å². The number of nitrogens with zero attached hydrogens (tertiary/aromatic N) is 3. The van der Waals surface area contributed by atoms with Crippen LogP contribution >= 0.6 is 0 Å². The Hall–Kier alpha value is -2.71. The summed E-state index contributed by atoms with van der Waals surface area (Å²) in [5.74, 6) is 0.924. The Balaban J connectivity index is 2.18. The standard InChI is InChI=1S/C15H11N3O/c1-11-17-14-4-2-3-5-15(14)18(11)13-8-6-12(7-9-13)16-10-19/h2-9H,1H3. The Bertz CT molecular complexity index is 781. The molecular weight excluding hydrogens is 238 g/mol. The number of carbonyl (C=O) groups excluding carboxylic acids is 1. The highest BCUT2D eigenvalue weighted by Crippen LogP contribution is 2.22. The second kappa shape index (κ2) is 4.52. The summed E-state index contributed by atoms with van der Waals surface area (Å²) < 4.78 is 2.07. The predicted molar refractivity (Wildman–Crippen MR) is 73.6 cm³/mol. The minimum absolute atomic E-state index is 0.598. The highest BCUT2D eigenvalue weighted by molar-refractivity contribution is 5.78. The zero-order valence-electron chi connectivity index (χ0n) is 10.4. The first kappa shape index (κ1) is 11.4. The smallest absolute Gasteiger partial charge is 0.240 e. The first-order valence-electron chi connectivity index (χ1n) is 5.92. The number of hydrogen-bond donors (Lipinski definition) is 0. The van der Waals surface area contributed by atoms with E-state index in [0.717, 1.165) is 22.5 Å². The summed E-state index contributed by atoms with van der Waals surface area (Å²) in [7, 11) is 0. The van der Waals surface area contributed by atoms with Gasteiger partial charge in [-0.3, -0.25) is 4.57 Å². The second-order valence-electron chi connectivity index (χ2n) is 4.20. The molecule has 92 valence electrons. The summed E-state index contributed by atoms with van der Waals surface area (Å²) in [6, 6.07) is 15.4. The topological polar surface area (TPSA) is 47.2 Å². The van der Waals surface area contributed by atoms with Gasteiger partial charge in [0.05, 0.1) is 16.7 Å². The number of imidazole rings is 1. The molecule has 0 aliphatic heterocycles. The summed E-state index contributed by atoms with van der Waals surface area (Å²) in [5.41, 5.74) is 3.62. The maximum Gasteiger partial charge on any atom is 0.240 e. The van der Waals surface area contributed by atoms with Crippen LogP contribution in [-0.4, -0.2) is 15.6 Å². The van der Waals surface area contributed by atoms with Crippen molar-refractivity contribution in [3.63, 3.8) is 0 Å². The third-order valence-electron chi connectivity index (χ3n) is 3.01. The molecule has 0 amide bonds. The first-order chi connectivity index (χ1) is 9.29. The minimum atomic E-state index is 0.598. The van der Waals surface area contributed by atoms with Gasteiger partial charge in [-0.25, -0.2) is 9.78 Å². The van der Waals surface area contributed by atoms with E-state index in [-0.39, 0.29) is 0 Å². The van der Waals surface area contributed by atoms with Gasteiger partial charge in [0.2, 0.25) is 6.08 Å². The van der Waals surface area contributed by atoms with Crippen molar-refractivity contribution in [2.45, 2.75) is 6.92 Å². The van der Waals surface area contributed by atoms with Crippen molar-refractivity contribution < 1.29 is 4.79 Å². The van der Waals surface area contributed by atoms with Crippen molar-refractivity contribution in [3.05, 3.63) is 54.4 Å². The number of aryl methyl sites for hydroxylation is 1. The molecule has 3 rings (SSSR count). The molecule has 4 nitrogen and oxygen atoms in total. The van der Waals surface area contributed by atoms with Crippen LogP contribution in [0.1, 0.15) is 5.82 Å². The molecular formula is C15H11N3O. The number of para-hydroxylation sites is 2. The van der Waals surface area contributed by atoms with E-state index in [1.54, 1.807) is 12.1 Å². The number of aromatic nitrogens is 2. The lowest BCUT2D eigenvalue weighted by Gasteiger charge is -2.06. The van der Waals surface area contributed by atoms with Crippen LogP contribution in [0, 0.1) is 6.92 Å². The highest BCUT2D eigenvalue weighted by atomic mass is 16.1. The van der Waals surface area contributed by atoms with Crippen molar-refractivity contribution in [1.29, 1.82) is 0 Å². The predicted octanol–water partition coefficient (Wildman–Crippen LogP) is 3.30. The first-order valence-corrected chi connectivity index (χ1v) is 5.92. The van der Waals surface area contributed by atoms with Crippen molar-refractivity contribution in [2.24, 2.45) is 4.99 Å². The lowest BCUT2D eigenvalue weighted by Crippen LogP contribution is -1.95. The van der Waals surface area contributed by atoms with E-state index >= 15 is 0 Å². The molecule has 0 aliphatic carbocycles. The van der Waals surface area contributed by atoms with Gasteiger partial charge in [-0.05, 0) is 43.3 Å². The molecule has 1 heterocycles. The molecule has 0 N–H and O–H groups in total. The molecule has 19 heavy (non-hydrogen) atoms. The van der Waals surface area contributed by atoms with Crippen LogP contribution in [0.25, 0.3) is 16.7 Å². The fourth-order valence-corrected chi connectivity index (χ4v) is 2.20. The van der Waals surface area contributed by atoms with Gasteiger partial charge in [0.15, 0.2) is 0 Å². The quantitative estimate of drug-likeness (QED) is 0.516. The van der Waals surface area contributed by atoms with Gasteiger partial charge in [0.25, 0.3) is 0 Å². The molecule has 0 aliphatic rings. The maximum atomic E-state index is 10.2. The fraction of sp³-hybridized carbons (Fsp3) is 0.0667. The van der Waals surface area contributed by atoms with Crippen LogP contribution in [-0.2, 0) is 4.79 Å². The van der Waals surface area contributed by atoms with E-state index in [0.29, 0.717) is 5.69 Å². The fourth-order valence-electron chi connectivity index (χ4n) is 2.20. The number of fused-ring (bicyclic) bond motifs is 1. The molecule has 0 saturated heterocycles. The van der Waals surface area contributed by atoms with E-state index < -0.39 is 0 Å². The number of isocyanates is 1. The van der Waals surface area contributed by atoms with Crippen molar-refractivity contribution in [3.8, 4) is 5.69 Å². The lowest BCUT2D eigenvalue weighted by molar-refractivity contribution is 0.565. The van der Waals surface area contributed by atoms with Gasteiger partial charge < -0.3 is 0 Å². The highest BCUT2D eigenvalue weighted by Gasteiger charge is 2.08. The molecule has 0 radical (unpaired) electrons. The third kappa shape index (κ3) is 1.94. The zero-order chi connectivity index (χ0) is 13.2. The minimum Gasteiger partial charge on any atom is -0.297 e. The van der Waals surface area contributed by atoms with Crippen molar-refractivity contribution in [2.75, 3.05) is 0 Å². The Kier molecular flexibility index (Phi) is 2.71. The third-order valence-corrected chi connectivity index (χ3v) is 3.01. The van der Waals surface area contributed by atoms with Gasteiger partial charge in [-0.2, -0.15) is 4.99 Å². The summed E-state index contributed by atoms with van der Waals surface area (Å²) in [6.07, 6.45) is 1.54. The lowest BCUT2D eigenvalue weighted by atomic mass is 10.2. The van der Waals surface area contributed by atoms with E-state index in [4.69, 9.17) is 0 Å². The van der Waals surface area contributed by atoms with Gasteiger partial charge in [-0.1, -0.05) is 12.1 Å². The summed E-state index contributed by atoms with van der Waals surface area (Å²) in [6.45, 7) is 1.97. The van der Waals surface area contributed by atoms with Crippen LogP contribution < -0.4 is 0 Å². The monoisotopic (exact) mass is 249 g/mol. The molecule has 0 saturated carbocycles. The number of aliphatic imine (C=N–C) groups is 1. The SMILES string of the molecule is Cc1nc2ccccc2n1-c1ccc(N=C=O)cc1. The largest absolute Gasteiger partial charge is 0.297 e. The maximum absolute atomic E-state index is 10.2. The number of hydrogen-bond acceptors (Lipinski definition) is 3. The number of rotatable bonds is 2. The summed E-state index contributed by atoms with van der Waals surface area (Å²) >= 11 is 0. The second-order valence-corrected chi connectivity index (χ2v) is 4.20. The summed E-state index contributed by atoms with van der Waals surface area (Å²) in [5, 5.41) is 0. The molecule has 4 heteroatoms. The average Bonchev–Trinajstić information content (AvgIpc) is 2.76. The van der Waals surface area contributed by atoms with Crippen LogP contribution in [0.5, 0.6) is 0 Å². The molecule has 0 bridgehead atoms. The Morgan fingerprint density at radius 1 is 1.11 bits per heavy atom. The van der Waals surface area contributed by atoms with Crippen molar-refractivity contribution in [1.82, 2.24) is 9.55 Å². The molecule has 0 atom stereocenters. The van der Waals surface area contributed by atoms with Gasteiger partial charge >= 0.3 is 0 Å². The molecule has 0 unspecified atom stereocenters. The van der Waals surface area contributed by atoms with Crippen LogP contribution in [0.15, 0.2) is 53.5 Å². The Morgan fingerprint density at radius 2 is 1.84 bits per heavy atom. The van der Waals surface area contributed by atoms with E-state index in [1.807, 2.05) is 43.3 Å². The Morgan fingerprint density at radius 3 is 2.58 bits per heavy atom. The van der Waals surface area contributed by atoms with Crippen molar-refractivity contribution >= 4 is 22.8 Å². The van der Waals surface area contributed by atoms with Gasteiger partial charge in [-0.15, -0.1) is 0 Å². The number of benzene rings is 2. The van der Waals surface area contributed by atoms with Crippen LogP contribution in [0.3, 0.4) is 0 Å². The van der Waals surface area contributed by atoms with Crippen LogP contribution in [0.4, 0.5) is 5.69 Å². The summed E-state index contributed by atoms with van der Waals surface area (Å²) in [4.78, 5) is 18.3. The van der Waals surface area contributed by atoms with Gasteiger partial charge in [0, 0.05) is 5.69 Å². The van der Waals surface area contributed by atoms with Crippen LogP contribution in [0.2, 0.25) is 0 Å². The molecule has 1 aromatic heterocycles. The average molecular weight is 249 g/mol. The molecule has 2 aromatic carbocycles. The normalized spacial score (nSPS) is 10.4.